The van der Waals surface area contributed by atoms with E-state index in [1.165, 1.54) is 23.1 Å². The van der Waals surface area contributed by atoms with Gasteiger partial charge in [0.15, 0.2) is 5.11 Å². The molecule has 1 heterocycles. The fraction of sp³-hybridized carbons (Fsp3) is 0.111. The van der Waals surface area contributed by atoms with Crippen LogP contribution in [-0.2, 0) is 16.2 Å². The van der Waals surface area contributed by atoms with Crippen molar-refractivity contribution in [2.24, 2.45) is 0 Å². The quantitative estimate of drug-likeness (QED) is 0.270. The molecule has 3 aromatic rings. The van der Waals surface area contributed by atoms with E-state index in [1.807, 2.05) is 6.92 Å². The van der Waals surface area contributed by atoms with Gasteiger partial charge in [0.05, 0.1) is 17.9 Å². The van der Waals surface area contributed by atoms with Gasteiger partial charge in [-0.25, -0.2) is 4.79 Å². The zero-order chi connectivity index (χ0) is 25.7. The summed E-state index contributed by atoms with van der Waals surface area (Å²) in [6.07, 6.45) is 1.46. The molecule has 0 aliphatic carbocycles. The Kier molecular flexibility index (Phi) is 7.41. The van der Waals surface area contributed by atoms with Gasteiger partial charge in [-0.05, 0) is 73.2 Å². The molecule has 0 bridgehead atoms. The molecular formula is C27H22N2O6S. The number of nitrogens with one attached hydrogen (secondary N) is 1. The van der Waals surface area contributed by atoms with Crippen molar-refractivity contribution in [3.63, 3.8) is 0 Å². The van der Waals surface area contributed by atoms with Crippen LogP contribution in [0.15, 0.2) is 78.4 Å². The Morgan fingerprint density at radius 2 is 1.69 bits per heavy atom. The van der Waals surface area contributed by atoms with Crippen molar-refractivity contribution in [1.82, 2.24) is 5.32 Å². The topological polar surface area (TPSA) is 105 Å². The number of benzene rings is 3. The maximum atomic E-state index is 13.3. The molecule has 2 amide bonds. The fourth-order valence-corrected chi connectivity index (χ4v) is 3.82. The van der Waals surface area contributed by atoms with E-state index in [1.54, 1.807) is 60.7 Å². The van der Waals surface area contributed by atoms with E-state index < -0.39 is 17.8 Å². The molecule has 36 heavy (non-hydrogen) atoms. The predicted molar refractivity (Wildman–Crippen MR) is 138 cm³/mol. The third kappa shape index (κ3) is 5.42. The molecule has 1 fully saturated rings. The first-order chi connectivity index (χ1) is 17.4. The molecule has 4 rings (SSSR count). The summed E-state index contributed by atoms with van der Waals surface area (Å²) in [5.41, 5.74) is 1.87. The van der Waals surface area contributed by atoms with E-state index in [0.29, 0.717) is 29.4 Å². The van der Waals surface area contributed by atoms with Crippen LogP contribution in [-0.4, -0.2) is 34.6 Å². The van der Waals surface area contributed by atoms with Crippen molar-refractivity contribution in [2.75, 3.05) is 11.5 Å². The van der Waals surface area contributed by atoms with Crippen LogP contribution in [0.1, 0.15) is 28.4 Å². The Hall–Kier alpha value is -4.50. The number of nitrogens with zero attached hydrogens (tertiary/aromatic N) is 1. The first-order valence-electron chi connectivity index (χ1n) is 11.1. The van der Waals surface area contributed by atoms with Crippen LogP contribution in [0.25, 0.3) is 6.08 Å². The minimum absolute atomic E-state index is 0.0133. The molecule has 0 spiro atoms. The van der Waals surface area contributed by atoms with Crippen molar-refractivity contribution < 1.29 is 29.0 Å². The molecule has 0 saturated carbocycles. The zero-order valence-corrected chi connectivity index (χ0v) is 20.1. The van der Waals surface area contributed by atoms with Gasteiger partial charge >= 0.3 is 5.97 Å². The van der Waals surface area contributed by atoms with Crippen LogP contribution >= 0.6 is 12.2 Å². The van der Waals surface area contributed by atoms with Gasteiger partial charge in [0.2, 0.25) is 0 Å². The molecule has 1 aliphatic heterocycles. The Bertz CT molecular complexity index is 1350. The van der Waals surface area contributed by atoms with Crippen LogP contribution < -0.4 is 19.7 Å². The van der Waals surface area contributed by atoms with Gasteiger partial charge in [-0.3, -0.25) is 19.8 Å². The molecule has 9 heteroatoms. The predicted octanol–water partition coefficient (Wildman–Crippen LogP) is 4.19. The van der Waals surface area contributed by atoms with E-state index >= 15 is 0 Å². The second-order valence-electron chi connectivity index (χ2n) is 7.71. The number of aromatic carboxylic acids is 1. The Morgan fingerprint density at radius 1 is 1.00 bits per heavy atom. The third-order valence-electron chi connectivity index (χ3n) is 5.32. The molecule has 1 saturated heterocycles. The average molecular weight is 503 g/mol. The van der Waals surface area contributed by atoms with Crippen molar-refractivity contribution in [3.05, 3.63) is 95.1 Å². The van der Waals surface area contributed by atoms with Crippen LogP contribution in [0.5, 0.6) is 11.5 Å². The second kappa shape index (κ2) is 10.8. The lowest BCUT2D eigenvalue weighted by Crippen LogP contribution is -2.54. The number of para-hydroxylation sites is 1. The van der Waals surface area contributed by atoms with Crippen LogP contribution in [0, 0.1) is 0 Å². The average Bonchev–Trinajstić information content (AvgIpc) is 2.87. The van der Waals surface area contributed by atoms with Gasteiger partial charge in [0.1, 0.15) is 23.7 Å². The number of carbonyl (C=O) groups excluding carboxylic acids is 2. The summed E-state index contributed by atoms with van der Waals surface area (Å²) >= 11 is 5.26. The van der Waals surface area contributed by atoms with Gasteiger partial charge in [-0.15, -0.1) is 0 Å². The summed E-state index contributed by atoms with van der Waals surface area (Å²) in [5, 5.41) is 11.6. The van der Waals surface area contributed by atoms with E-state index in [-0.39, 0.29) is 22.9 Å². The maximum Gasteiger partial charge on any atom is 0.335 e. The number of anilines is 1. The highest BCUT2D eigenvalue weighted by Crippen LogP contribution is 2.27. The summed E-state index contributed by atoms with van der Waals surface area (Å²) in [6.45, 7) is 2.56. The van der Waals surface area contributed by atoms with E-state index in [4.69, 9.17) is 26.8 Å². The summed E-state index contributed by atoms with van der Waals surface area (Å²) in [7, 11) is 0. The van der Waals surface area contributed by atoms with Gasteiger partial charge in [0.25, 0.3) is 11.8 Å². The lowest BCUT2D eigenvalue weighted by molar-refractivity contribution is -0.122. The molecule has 0 unspecified atom stereocenters. The minimum atomic E-state index is -1.01. The van der Waals surface area contributed by atoms with E-state index in [9.17, 15) is 14.4 Å². The zero-order valence-electron chi connectivity index (χ0n) is 19.3. The first kappa shape index (κ1) is 24.6. The largest absolute Gasteiger partial charge is 0.494 e. The number of hydrogen-bond acceptors (Lipinski definition) is 6. The molecule has 0 aromatic heterocycles. The smallest absolute Gasteiger partial charge is 0.335 e. The normalized spacial score (nSPS) is 14.5. The number of carboxylic acid groups (broad SMARTS) is 1. The number of thiocarbonyl (C=S) groups is 1. The van der Waals surface area contributed by atoms with Crippen LogP contribution in [0.4, 0.5) is 5.69 Å². The molecule has 3 aromatic carbocycles. The minimum Gasteiger partial charge on any atom is -0.494 e. The first-order valence-corrected chi connectivity index (χ1v) is 11.5. The van der Waals surface area contributed by atoms with Crippen molar-refractivity contribution in [1.29, 1.82) is 0 Å². The number of hydrogen-bond donors (Lipinski definition) is 2. The molecular weight excluding hydrogens is 480 g/mol. The summed E-state index contributed by atoms with van der Waals surface area (Å²) in [5.74, 6) is -1.07. The Balaban J connectivity index is 1.58. The standard InChI is InChI=1S/C27H22N2O6S/c1-2-34-21-13-11-20(12-14-21)29-25(31)22(24(30)28-27(29)36)15-19-5-3-4-6-23(19)35-16-17-7-9-18(10-8-17)26(32)33/h3-15H,2,16H2,1H3,(H,32,33)(H,28,30,36)/b22-15+. The highest BCUT2D eigenvalue weighted by Gasteiger charge is 2.34. The SMILES string of the molecule is CCOc1ccc(N2C(=O)/C(=C/c3ccccc3OCc3ccc(C(=O)O)cc3)C(=O)NC2=S)cc1. The Morgan fingerprint density at radius 3 is 2.36 bits per heavy atom. The fourth-order valence-electron chi connectivity index (χ4n) is 3.54. The lowest BCUT2D eigenvalue weighted by Gasteiger charge is -2.29. The summed E-state index contributed by atoms with van der Waals surface area (Å²) in [6, 6.07) is 20.1. The van der Waals surface area contributed by atoms with Gasteiger partial charge in [0, 0.05) is 5.56 Å². The number of ether oxygens (including phenoxy) is 2. The molecule has 2 N–H and O–H groups in total. The second-order valence-corrected chi connectivity index (χ2v) is 8.10. The van der Waals surface area contributed by atoms with Crippen LogP contribution in [0.3, 0.4) is 0 Å². The maximum absolute atomic E-state index is 13.3. The van der Waals surface area contributed by atoms with Crippen molar-refractivity contribution in [3.8, 4) is 11.5 Å². The van der Waals surface area contributed by atoms with Crippen LogP contribution in [0.2, 0.25) is 0 Å². The number of rotatable bonds is 8. The monoisotopic (exact) mass is 502 g/mol. The number of carbonyl (C=O) groups is 3. The molecule has 8 nitrogen and oxygen atoms in total. The molecule has 0 radical (unpaired) electrons. The van der Waals surface area contributed by atoms with Gasteiger partial charge < -0.3 is 14.6 Å². The molecule has 0 atom stereocenters. The third-order valence-corrected chi connectivity index (χ3v) is 5.61. The highest BCUT2D eigenvalue weighted by atomic mass is 32.1. The summed E-state index contributed by atoms with van der Waals surface area (Å²) in [4.78, 5) is 38.3. The van der Waals surface area contributed by atoms with Crippen molar-refractivity contribution >= 4 is 46.9 Å². The van der Waals surface area contributed by atoms with E-state index in [2.05, 4.69) is 5.32 Å². The van der Waals surface area contributed by atoms with Crippen molar-refractivity contribution in [2.45, 2.75) is 13.5 Å². The molecule has 182 valence electrons. The van der Waals surface area contributed by atoms with E-state index in [0.717, 1.165) is 5.56 Å². The van der Waals surface area contributed by atoms with Gasteiger partial charge in [-0.2, -0.15) is 0 Å². The summed E-state index contributed by atoms with van der Waals surface area (Å²) < 4.78 is 11.4. The number of amides is 2. The lowest BCUT2D eigenvalue weighted by atomic mass is 10.1. The molecule has 1 aliphatic rings. The Labute approximate surface area is 212 Å². The van der Waals surface area contributed by atoms with Gasteiger partial charge in [-0.1, -0.05) is 30.3 Å². The number of carboxylic acids is 1. The highest BCUT2D eigenvalue weighted by molar-refractivity contribution is 7.80.